The van der Waals surface area contributed by atoms with Gasteiger partial charge in [-0.3, -0.25) is 4.79 Å². The molecule has 1 saturated heterocycles. The van der Waals surface area contributed by atoms with E-state index in [0.717, 1.165) is 57.1 Å². The molecule has 2 atom stereocenters. The number of fused-ring (bicyclic) bond motifs is 1. The van der Waals surface area contributed by atoms with E-state index in [-0.39, 0.29) is 5.91 Å². The lowest BCUT2D eigenvalue weighted by Crippen LogP contribution is -3.14. The molecule has 2 aromatic rings. The lowest BCUT2D eigenvalue weighted by Gasteiger charge is -2.29. The lowest BCUT2D eigenvalue weighted by atomic mass is 9.98. The molecule has 1 aliphatic heterocycles. The molecule has 2 aliphatic rings. The molecule has 1 saturated carbocycles. The van der Waals surface area contributed by atoms with E-state index in [1.165, 1.54) is 14.6 Å². The summed E-state index contributed by atoms with van der Waals surface area (Å²) >= 11 is 1.79. The van der Waals surface area contributed by atoms with Crippen LogP contribution in [0.15, 0.2) is 24.3 Å². The van der Waals surface area contributed by atoms with Crippen molar-refractivity contribution in [1.82, 2.24) is 10.3 Å². The first-order valence-corrected chi connectivity index (χ1v) is 10.4. The molecule has 1 aliphatic carbocycles. The van der Waals surface area contributed by atoms with Crippen LogP contribution in [0.2, 0.25) is 0 Å². The zero-order valence-electron chi connectivity index (χ0n) is 15.0. The predicted molar refractivity (Wildman–Crippen MR) is 102 cm³/mol. The lowest BCUT2D eigenvalue weighted by molar-refractivity contribution is -0.898. The van der Waals surface area contributed by atoms with Gasteiger partial charge in [0.1, 0.15) is 10.5 Å². The number of thiazole rings is 1. The summed E-state index contributed by atoms with van der Waals surface area (Å²) in [6.45, 7) is 2.44. The van der Waals surface area contributed by atoms with Gasteiger partial charge in [0.15, 0.2) is 6.54 Å². The fourth-order valence-corrected chi connectivity index (χ4v) is 5.47. The van der Waals surface area contributed by atoms with Gasteiger partial charge in [-0.2, -0.15) is 5.26 Å². The first-order valence-electron chi connectivity index (χ1n) is 9.59. The van der Waals surface area contributed by atoms with Crippen LogP contribution < -0.4 is 10.2 Å². The molecule has 1 aromatic carbocycles. The molecular formula is C20H25N4OS+. The van der Waals surface area contributed by atoms with Gasteiger partial charge < -0.3 is 10.2 Å². The molecule has 26 heavy (non-hydrogen) atoms. The Hall–Kier alpha value is -1.97. The van der Waals surface area contributed by atoms with Crippen LogP contribution in [-0.2, 0) is 4.79 Å². The van der Waals surface area contributed by atoms with E-state index in [9.17, 15) is 10.1 Å². The van der Waals surface area contributed by atoms with Gasteiger partial charge in [0, 0.05) is 0 Å². The number of nitrogens with one attached hydrogen (secondary N) is 2. The molecule has 1 amide bonds. The Kier molecular flexibility index (Phi) is 4.92. The van der Waals surface area contributed by atoms with Gasteiger partial charge in [-0.15, -0.1) is 11.3 Å². The average Bonchev–Trinajstić information content (AvgIpc) is 3.29. The van der Waals surface area contributed by atoms with Crippen LogP contribution in [-0.4, -0.2) is 36.1 Å². The maximum Gasteiger partial charge on any atom is 0.276 e. The molecule has 2 fully saturated rings. The van der Waals surface area contributed by atoms with Gasteiger partial charge in [0.25, 0.3) is 5.91 Å². The van der Waals surface area contributed by atoms with E-state index in [4.69, 9.17) is 4.98 Å². The highest BCUT2D eigenvalue weighted by molar-refractivity contribution is 7.18. The number of nitrogens with zero attached hydrogens (tertiary/aromatic N) is 2. The maximum atomic E-state index is 12.5. The highest BCUT2D eigenvalue weighted by Gasteiger charge is 2.36. The Morgan fingerprint density at radius 1 is 1.35 bits per heavy atom. The van der Waals surface area contributed by atoms with Crippen LogP contribution in [0.3, 0.4) is 0 Å². The number of likely N-dealkylation sites (tertiary alicyclic amines) is 1. The Labute approximate surface area is 158 Å². The van der Waals surface area contributed by atoms with Gasteiger partial charge in [-0.1, -0.05) is 12.1 Å². The maximum absolute atomic E-state index is 12.5. The van der Waals surface area contributed by atoms with E-state index in [1.807, 2.05) is 6.07 Å². The number of piperidine rings is 1. The van der Waals surface area contributed by atoms with Crippen molar-refractivity contribution in [3.8, 4) is 6.07 Å². The number of para-hydroxylation sites is 1. The summed E-state index contributed by atoms with van der Waals surface area (Å²) in [4.78, 5) is 18.6. The molecule has 136 valence electrons. The molecule has 5 nitrogen and oxygen atoms in total. The summed E-state index contributed by atoms with van der Waals surface area (Å²) in [5.74, 6) is 0.453. The minimum absolute atomic E-state index is 0.0217. The number of hydrogen-bond acceptors (Lipinski definition) is 4. The van der Waals surface area contributed by atoms with Crippen molar-refractivity contribution in [1.29, 1.82) is 5.26 Å². The highest BCUT2D eigenvalue weighted by atomic mass is 32.1. The summed E-state index contributed by atoms with van der Waals surface area (Å²) < 4.78 is 1.24. The van der Waals surface area contributed by atoms with Crippen LogP contribution in [0.5, 0.6) is 0 Å². The topological polar surface area (TPSA) is 70.2 Å². The third kappa shape index (κ3) is 3.60. The number of rotatable bonds is 4. The molecule has 0 spiro atoms. The number of hydrogen-bond donors (Lipinski definition) is 2. The van der Waals surface area contributed by atoms with Crippen molar-refractivity contribution in [2.45, 2.75) is 50.0 Å². The molecule has 0 radical (unpaired) electrons. The summed E-state index contributed by atoms with van der Waals surface area (Å²) in [7, 11) is 0. The summed E-state index contributed by atoms with van der Waals surface area (Å²) in [6, 6.07) is 10.6. The standard InChI is InChI=1S/C20H24N4OS/c21-14-20(9-3-4-10-20)23-18(25)13-24-11-5-6-15(12-24)19-22-16-7-1-2-8-17(16)26-19/h1-2,7-8,15H,3-6,9-13H2,(H,23,25)/p+1/t15-/m0/s1. The average molecular weight is 370 g/mol. The molecule has 6 heteroatoms. The Balaban J connectivity index is 1.39. The van der Waals surface area contributed by atoms with Crippen LogP contribution in [0.4, 0.5) is 0 Å². The third-order valence-electron chi connectivity index (χ3n) is 5.74. The SMILES string of the molecule is N#CC1(NC(=O)C[NH+]2CCC[C@H](c3nc4ccccc4s3)C2)CCCC1. The minimum Gasteiger partial charge on any atom is -0.333 e. The monoisotopic (exact) mass is 369 g/mol. The third-order valence-corrected chi connectivity index (χ3v) is 6.94. The summed E-state index contributed by atoms with van der Waals surface area (Å²) in [6.07, 6.45) is 5.91. The largest absolute Gasteiger partial charge is 0.333 e. The van der Waals surface area contributed by atoms with Gasteiger partial charge in [0.05, 0.1) is 35.3 Å². The van der Waals surface area contributed by atoms with E-state index >= 15 is 0 Å². The van der Waals surface area contributed by atoms with Gasteiger partial charge in [0.2, 0.25) is 0 Å². The zero-order chi connectivity index (χ0) is 18.0. The second-order valence-electron chi connectivity index (χ2n) is 7.69. The highest BCUT2D eigenvalue weighted by Crippen LogP contribution is 2.30. The van der Waals surface area contributed by atoms with Crippen molar-refractivity contribution in [2.75, 3.05) is 19.6 Å². The number of benzene rings is 1. The van der Waals surface area contributed by atoms with Gasteiger partial charge in [-0.05, 0) is 50.7 Å². The van der Waals surface area contributed by atoms with Crippen molar-refractivity contribution in [2.24, 2.45) is 0 Å². The number of nitriles is 1. The number of carbonyl (C=O) groups excluding carboxylic acids is 1. The second-order valence-corrected chi connectivity index (χ2v) is 8.75. The van der Waals surface area contributed by atoms with Crippen molar-refractivity contribution in [3.63, 3.8) is 0 Å². The molecule has 1 aromatic heterocycles. The smallest absolute Gasteiger partial charge is 0.276 e. The Morgan fingerprint density at radius 3 is 2.92 bits per heavy atom. The zero-order valence-corrected chi connectivity index (χ0v) is 15.8. The van der Waals surface area contributed by atoms with Crippen molar-refractivity contribution in [3.05, 3.63) is 29.3 Å². The molecule has 4 rings (SSSR count). The predicted octanol–water partition coefficient (Wildman–Crippen LogP) is 2.01. The number of amides is 1. The molecule has 1 unspecified atom stereocenters. The van der Waals surface area contributed by atoms with E-state index in [0.29, 0.717) is 12.5 Å². The van der Waals surface area contributed by atoms with Crippen molar-refractivity contribution < 1.29 is 9.69 Å². The number of quaternary nitrogens is 1. The van der Waals surface area contributed by atoms with Crippen LogP contribution in [0.25, 0.3) is 10.2 Å². The van der Waals surface area contributed by atoms with E-state index in [1.54, 1.807) is 11.3 Å². The number of carbonyl (C=O) groups is 1. The Morgan fingerprint density at radius 2 is 2.15 bits per heavy atom. The summed E-state index contributed by atoms with van der Waals surface area (Å²) in [5, 5.41) is 13.7. The van der Waals surface area contributed by atoms with E-state index < -0.39 is 5.54 Å². The molecular weight excluding hydrogens is 344 g/mol. The van der Waals surface area contributed by atoms with Gasteiger partial charge >= 0.3 is 0 Å². The first kappa shape index (κ1) is 17.4. The molecule has 2 N–H and O–H groups in total. The first-order chi connectivity index (χ1) is 12.7. The van der Waals surface area contributed by atoms with Crippen LogP contribution in [0.1, 0.15) is 49.5 Å². The molecule has 2 heterocycles. The Bertz CT molecular complexity index is 801. The minimum atomic E-state index is -0.612. The summed E-state index contributed by atoms with van der Waals surface area (Å²) in [5.41, 5.74) is 0.466. The quantitative estimate of drug-likeness (QED) is 0.866. The fourth-order valence-electron chi connectivity index (χ4n) is 4.37. The van der Waals surface area contributed by atoms with E-state index in [2.05, 4.69) is 29.6 Å². The van der Waals surface area contributed by atoms with Gasteiger partial charge in [-0.25, -0.2) is 4.98 Å². The second kappa shape index (κ2) is 7.34. The van der Waals surface area contributed by atoms with Crippen molar-refractivity contribution >= 4 is 27.5 Å². The fraction of sp³-hybridized carbons (Fsp3) is 0.550. The normalized spacial score (nSPS) is 25.0. The van der Waals surface area contributed by atoms with Crippen LogP contribution >= 0.6 is 11.3 Å². The van der Waals surface area contributed by atoms with Crippen LogP contribution in [0, 0.1) is 11.3 Å². The number of aromatic nitrogens is 1. The molecule has 0 bridgehead atoms.